The van der Waals surface area contributed by atoms with Crippen molar-refractivity contribution in [1.29, 1.82) is 0 Å². The van der Waals surface area contributed by atoms with E-state index < -0.39 is 0 Å². The van der Waals surface area contributed by atoms with Gasteiger partial charge in [0, 0.05) is 25.2 Å². The van der Waals surface area contributed by atoms with E-state index in [-0.39, 0.29) is 0 Å². The molecule has 134 valence electrons. The average Bonchev–Trinajstić information content (AvgIpc) is 2.54. The third kappa shape index (κ3) is 2.42. The van der Waals surface area contributed by atoms with Crippen LogP contribution in [0.2, 0.25) is 0 Å². The maximum atomic E-state index is 4.03. The molecule has 24 heavy (non-hydrogen) atoms. The van der Waals surface area contributed by atoms with Crippen molar-refractivity contribution < 1.29 is 0 Å². The molecule has 0 spiro atoms. The molecule has 8 fully saturated rings. The third-order valence-corrected chi connectivity index (χ3v) is 9.34. The van der Waals surface area contributed by atoms with E-state index in [4.69, 9.17) is 0 Å². The molecule has 8 saturated carbocycles. The fraction of sp³-hybridized carbons (Fsp3) is 1.00. The van der Waals surface area contributed by atoms with E-state index >= 15 is 0 Å². The van der Waals surface area contributed by atoms with Gasteiger partial charge in [-0.25, -0.2) is 0 Å². The van der Waals surface area contributed by atoms with Gasteiger partial charge in [-0.3, -0.25) is 0 Å². The largest absolute Gasteiger partial charge is 0.312 e. The minimum atomic E-state index is 0.873. The predicted molar refractivity (Wildman–Crippen MR) is 97.7 cm³/mol. The molecule has 2 heteroatoms. The highest BCUT2D eigenvalue weighted by atomic mass is 15.0. The Morgan fingerprint density at radius 2 is 0.708 bits per heavy atom. The lowest BCUT2D eigenvalue weighted by atomic mass is 9.54. The summed E-state index contributed by atoms with van der Waals surface area (Å²) in [6, 6.07) is 1.75. The van der Waals surface area contributed by atoms with Gasteiger partial charge in [-0.15, -0.1) is 0 Å². The van der Waals surface area contributed by atoms with E-state index in [1.807, 2.05) is 0 Å². The first kappa shape index (κ1) is 15.0. The van der Waals surface area contributed by atoms with Crippen molar-refractivity contribution in [3.8, 4) is 0 Å². The first-order valence-electron chi connectivity index (χ1n) is 11.3. The zero-order valence-corrected chi connectivity index (χ0v) is 15.3. The van der Waals surface area contributed by atoms with Crippen LogP contribution in [0.5, 0.6) is 0 Å². The van der Waals surface area contributed by atoms with Crippen LogP contribution in [0.25, 0.3) is 0 Å². The Morgan fingerprint density at radius 3 is 1.00 bits per heavy atom. The SMILES string of the molecule is C(CNC1C2CC3CC(C2)CC1C3)NC1C2CC3CC(C2)CC1C3. The van der Waals surface area contributed by atoms with Crippen molar-refractivity contribution in [1.82, 2.24) is 10.6 Å². The first-order chi connectivity index (χ1) is 11.8. The topological polar surface area (TPSA) is 24.1 Å². The molecule has 0 amide bonds. The van der Waals surface area contributed by atoms with E-state index in [1.165, 1.54) is 13.1 Å². The molecular weight excluding hydrogens is 292 g/mol. The van der Waals surface area contributed by atoms with Crippen LogP contribution in [-0.2, 0) is 0 Å². The molecule has 0 aromatic heterocycles. The summed E-state index contributed by atoms with van der Waals surface area (Å²) in [7, 11) is 0. The van der Waals surface area contributed by atoms with Gasteiger partial charge >= 0.3 is 0 Å². The van der Waals surface area contributed by atoms with E-state index in [9.17, 15) is 0 Å². The molecule has 8 aliphatic carbocycles. The Morgan fingerprint density at radius 1 is 0.417 bits per heavy atom. The number of rotatable bonds is 5. The van der Waals surface area contributed by atoms with Gasteiger partial charge in [0.15, 0.2) is 0 Å². The number of nitrogens with one attached hydrogen (secondary N) is 2. The quantitative estimate of drug-likeness (QED) is 0.750. The van der Waals surface area contributed by atoms with E-state index in [0.717, 1.165) is 59.4 Å². The predicted octanol–water partition coefficient (Wildman–Crippen LogP) is 3.82. The molecule has 0 aliphatic heterocycles. The maximum Gasteiger partial charge on any atom is 0.0124 e. The van der Waals surface area contributed by atoms with Gasteiger partial charge in [0.25, 0.3) is 0 Å². The zero-order chi connectivity index (χ0) is 15.7. The van der Waals surface area contributed by atoms with Crippen molar-refractivity contribution in [3.63, 3.8) is 0 Å². The Balaban J connectivity index is 1.01. The second-order valence-electron chi connectivity index (χ2n) is 10.8. The summed E-state index contributed by atoms with van der Waals surface area (Å²) in [4.78, 5) is 0. The minimum absolute atomic E-state index is 0.873. The molecule has 0 unspecified atom stereocenters. The highest BCUT2D eigenvalue weighted by Crippen LogP contribution is 2.54. The standard InChI is InChI=1S/C22H36N2/c1(23-21-17-5-13-3-14(7-17)8-18(21)6-13)2-24-22-19-9-15-4-16(11-19)12-20(22)10-15/h13-24H,1-12H2. The number of hydrogen-bond donors (Lipinski definition) is 2. The van der Waals surface area contributed by atoms with Gasteiger partial charge < -0.3 is 10.6 Å². The highest BCUT2D eigenvalue weighted by Gasteiger charge is 2.49. The fourth-order valence-corrected chi connectivity index (χ4v) is 8.99. The van der Waals surface area contributed by atoms with Crippen molar-refractivity contribution in [2.45, 2.75) is 76.3 Å². The Kier molecular flexibility index (Phi) is 3.57. The van der Waals surface area contributed by atoms with Gasteiger partial charge in [-0.05, 0) is 112 Å². The van der Waals surface area contributed by atoms with E-state index in [1.54, 1.807) is 64.2 Å². The Labute approximate surface area is 147 Å². The summed E-state index contributed by atoms with van der Waals surface area (Å²) < 4.78 is 0. The van der Waals surface area contributed by atoms with E-state index in [0.29, 0.717) is 0 Å². The lowest BCUT2D eigenvalue weighted by molar-refractivity contribution is -0.0185. The Hall–Kier alpha value is -0.0800. The summed E-state index contributed by atoms with van der Waals surface area (Å²) in [6.07, 6.45) is 15.5. The van der Waals surface area contributed by atoms with Crippen LogP contribution in [0.15, 0.2) is 0 Å². The van der Waals surface area contributed by atoms with Gasteiger partial charge in [0.05, 0.1) is 0 Å². The fourth-order valence-electron chi connectivity index (χ4n) is 8.99. The molecule has 8 rings (SSSR count). The summed E-state index contributed by atoms with van der Waals surface area (Å²) in [5.74, 6) is 8.55. The summed E-state index contributed by atoms with van der Waals surface area (Å²) in [5.41, 5.74) is 0. The van der Waals surface area contributed by atoms with Crippen LogP contribution >= 0.6 is 0 Å². The molecule has 0 aromatic rings. The lowest BCUT2D eigenvalue weighted by Crippen LogP contribution is -2.57. The molecule has 2 nitrogen and oxygen atoms in total. The van der Waals surface area contributed by atoms with Crippen LogP contribution in [0.1, 0.15) is 64.2 Å². The molecule has 0 heterocycles. The molecule has 2 N–H and O–H groups in total. The lowest BCUT2D eigenvalue weighted by Gasteiger charge is -2.55. The van der Waals surface area contributed by atoms with Crippen molar-refractivity contribution in [2.75, 3.05) is 13.1 Å². The van der Waals surface area contributed by atoms with Crippen LogP contribution in [0, 0.1) is 47.3 Å². The summed E-state index contributed by atoms with van der Waals surface area (Å²) >= 11 is 0. The molecule has 0 saturated heterocycles. The van der Waals surface area contributed by atoms with E-state index in [2.05, 4.69) is 10.6 Å². The smallest absolute Gasteiger partial charge is 0.0124 e. The molecule has 0 aromatic carbocycles. The van der Waals surface area contributed by atoms with Gasteiger partial charge in [-0.1, -0.05) is 0 Å². The van der Waals surface area contributed by atoms with Crippen molar-refractivity contribution >= 4 is 0 Å². The minimum Gasteiger partial charge on any atom is -0.312 e. The van der Waals surface area contributed by atoms with Crippen molar-refractivity contribution in [2.24, 2.45) is 47.3 Å². The van der Waals surface area contributed by atoms with Gasteiger partial charge in [0.2, 0.25) is 0 Å². The molecule has 0 atom stereocenters. The highest BCUT2D eigenvalue weighted by molar-refractivity contribution is 5.03. The zero-order valence-electron chi connectivity index (χ0n) is 15.3. The van der Waals surface area contributed by atoms with Gasteiger partial charge in [0.1, 0.15) is 0 Å². The normalized spacial score (nSPS) is 57.0. The molecular formula is C22H36N2. The maximum absolute atomic E-state index is 4.03. The third-order valence-electron chi connectivity index (χ3n) is 9.34. The Bertz CT molecular complexity index is 386. The van der Waals surface area contributed by atoms with Crippen molar-refractivity contribution in [3.05, 3.63) is 0 Å². The van der Waals surface area contributed by atoms with Crippen LogP contribution < -0.4 is 10.6 Å². The van der Waals surface area contributed by atoms with Crippen LogP contribution in [0.3, 0.4) is 0 Å². The van der Waals surface area contributed by atoms with Gasteiger partial charge in [-0.2, -0.15) is 0 Å². The summed E-state index contributed by atoms with van der Waals surface area (Å²) in [6.45, 7) is 2.44. The second-order valence-corrected chi connectivity index (χ2v) is 10.8. The van der Waals surface area contributed by atoms with Crippen LogP contribution in [0.4, 0.5) is 0 Å². The average molecular weight is 329 g/mol. The molecule has 0 radical (unpaired) electrons. The first-order valence-corrected chi connectivity index (χ1v) is 11.3. The second kappa shape index (κ2) is 5.71. The number of hydrogen-bond acceptors (Lipinski definition) is 2. The summed E-state index contributed by atoms with van der Waals surface area (Å²) in [5, 5.41) is 8.05. The monoisotopic (exact) mass is 328 g/mol. The molecule has 8 aliphatic rings. The molecule has 8 bridgehead atoms. The van der Waals surface area contributed by atoms with Crippen LogP contribution in [-0.4, -0.2) is 25.2 Å².